The summed E-state index contributed by atoms with van der Waals surface area (Å²) in [5.41, 5.74) is 6.24. The zero-order chi connectivity index (χ0) is 10.4. The van der Waals surface area contributed by atoms with Gasteiger partial charge >= 0.3 is 0 Å². The third-order valence-electron chi connectivity index (χ3n) is 2.05. The molecular formula is C11H19N3. The lowest BCUT2D eigenvalue weighted by atomic mass is 10.1. The van der Waals surface area contributed by atoms with E-state index in [9.17, 15) is 0 Å². The molecule has 3 nitrogen and oxygen atoms in total. The molecule has 3 N–H and O–H groups in total. The first-order valence-corrected chi connectivity index (χ1v) is 5.14. The van der Waals surface area contributed by atoms with Gasteiger partial charge in [-0.3, -0.25) is 0 Å². The summed E-state index contributed by atoms with van der Waals surface area (Å²) in [6.07, 6.45) is 4.11. The number of nitrogens with one attached hydrogen (secondary N) is 1. The third kappa shape index (κ3) is 4.12. The first-order valence-electron chi connectivity index (χ1n) is 5.14. The number of rotatable bonds is 5. The van der Waals surface area contributed by atoms with Crippen LogP contribution in [0.15, 0.2) is 18.3 Å². The van der Waals surface area contributed by atoms with Gasteiger partial charge in [-0.2, -0.15) is 0 Å². The molecule has 0 unspecified atom stereocenters. The molecule has 0 aliphatic carbocycles. The molecule has 1 aromatic heterocycles. The largest absolute Gasteiger partial charge is 0.397 e. The van der Waals surface area contributed by atoms with Crippen LogP contribution in [0.3, 0.4) is 0 Å². The summed E-state index contributed by atoms with van der Waals surface area (Å²) in [5.74, 6) is 1.68. The molecule has 0 bridgehead atoms. The van der Waals surface area contributed by atoms with Gasteiger partial charge in [-0.1, -0.05) is 13.8 Å². The predicted octanol–water partition coefficient (Wildman–Crippen LogP) is 2.51. The molecule has 0 spiro atoms. The molecule has 0 aromatic carbocycles. The summed E-state index contributed by atoms with van der Waals surface area (Å²) in [4.78, 5) is 4.16. The van der Waals surface area contributed by atoms with Crippen LogP contribution in [0.25, 0.3) is 0 Å². The predicted molar refractivity (Wildman–Crippen MR) is 61.2 cm³/mol. The second-order valence-corrected chi connectivity index (χ2v) is 3.94. The van der Waals surface area contributed by atoms with Gasteiger partial charge in [-0.05, 0) is 30.9 Å². The highest BCUT2D eigenvalue weighted by Crippen LogP contribution is 2.07. The van der Waals surface area contributed by atoms with Gasteiger partial charge in [0.05, 0.1) is 11.9 Å². The first kappa shape index (κ1) is 10.8. The Labute approximate surface area is 85.7 Å². The summed E-state index contributed by atoms with van der Waals surface area (Å²) in [7, 11) is 0. The van der Waals surface area contributed by atoms with Gasteiger partial charge in [-0.25, -0.2) is 4.98 Å². The van der Waals surface area contributed by atoms with Gasteiger partial charge < -0.3 is 11.1 Å². The Morgan fingerprint density at radius 3 is 2.79 bits per heavy atom. The highest BCUT2D eigenvalue weighted by molar-refractivity contribution is 5.43. The van der Waals surface area contributed by atoms with E-state index in [0.717, 1.165) is 18.3 Å². The number of hydrogen-bond acceptors (Lipinski definition) is 3. The number of nitrogens with zero attached hydrogens (tertiary/aromatic N) is 1. The van der Waals surface area contributed by atoms with E-state index in [1.54, 1.807) is 6.20 Å². The SMILES string of the molecule is CC(C)CCCNc1ccc(N)cn1. The molecule has 78 valence electrons. The molecule has 0 aliphatic rings. The van der Waals surface area contributed by atoms with Crippen molar-refractivity contribution in [3.8, 4) is 0 Å². The van der Waals surface area contributed by atoms with Gasteiger partial charge in [0.25, 0.3) is 0 Å². The number of anilines is 2. The highest BCUT2D eigenvalue weighted by atomic mass is 15.0. The lowest BCUT2D eigenvalue weighted by Crippen LogP contribution is -2.04. The van der Waals surface area contributed by atoms with Crippen LogP contribution < -0.4 is 11.1 Å². The van der Waals surface area contributed by atoms with Crippen LogP contribution in [-0.4, -0.2) is 11.5 Å². The minimum atomic E-state index is 0.706. The molecule has 1 heterocycles. The normalized spacial score (nSPS) is 10.5. The summed E-state index contributed by atoms with van der Waals surface area (Å²) in [6.45, 7) is 5.46. The molecule has 3 heteroatoms. The molecule has 0 atom stereocenters. The molecular weight excluding hydrogens is 174 g/mol. The Kier molecular flexibility index (Phi) is 4.23. The highest BCUT2D eigenvalue weighted by Gasteiger charge is 1.95. The average Bonchev–Trinajstić information content (AvgIpc) is 2.15. The van der Waals surface area contributed by atoms with E-state index < -0.39 is 0 Å². The monoisotopic (exact) mass is 193 g/mol. The topological polar surface area (TPSA) is 50.9 Å². The first-order chi connectivity index (χ1) is 6.68. The van der Waals surface area contributed by atoms with Gasteiger partial charge in [0.2, 0.25) is 0 Å². The Morgan fingerprint density at radius 2 is 2.21 bits per heavy atom. The van der Waals surface area contributed by atoms with E-state index in [1.165, 1.54) is 12.8 Å². The zero-order valence-electron chi connectivity index (χ0n) is 8.96. The van der Waals surface area contributed by atoms with Crippen molar-refractivity contribution < 1.29 is 0 Å². The van der Waals surface area contributed by atoms with Crippen molar-refractivity contribution >= 4 is 11.5 Å². The second-order valence-electron chi connectivity index (χ2n) is 3.94. The molecule has 0 amide bonds. The van der Waals surface area contributed by atoms with Crippen molar-refractivity contribution in [2.75, 3.05) is 17.6 Å². The van der Waals surface area contributed by atoms with Crippen molar-refractivity contribution in [3.63, 3.8) is 0 Å². The molecule has 0 aliphatic heterocycles. The Morgan fingerprint density at radius 1 is 1.43 bits per heavy atom. The van der Waals surface area contributed by atoms with E-state index in [4.69, 9.17) is 5.73 Å². The summed E-state index contributed by atoms with van der Waals surface area (Å²) in [6, 6.07) is 3.77. The quantitative estimate of drug-likeness (QED) is 0.706. The minimum Gasteiger partial charge on any atom is -0.397 e. The molecule has 1 aromatic rings. The van der Waals surface area contributed by atoms with Crippen molar-refractivity contribution in [2.45, 2.75) is 26.7 Å². The van der Waals surface area contributed by atoms with E-state index >= 15 is 0 Å². The lowest BCUT2D eigenvalue weighted by Gasteiger charge is -2.06. The van der Waals surface area contributed by atoms with Gasteiger partial charge in [0, 0.05) is 6.54 Å². The maximum absolute atomic E-state index is 5.53. The smallest absolute Gasteiger partial charge is 0.126 e. The molecule has 14 heavy (non-hydrogen) atoms. The zero-order valence-corrected chi connectivity index (χ0v) is 8.96. The molecule has 0 saturated carbocycles. The van der Waals surface area contributed by atoms with E-state index in [-0.39, 0.29) is 0 Å². The number of pyridine rings is 1. The van der Waals surface area contributed by atoms with Gasteiger partial charge in [0.15, 0.2) is 0 Å². The Bertz CT molecular complexity index is 254. The number of nitrogens with two attached hydrogens (primary N) is 1. The maximum Gasteiger partial charge on any atom is 0.126 e. The third-order valence-corrected chi connectivity index (χ3v) is 2.05. The van der Waals surface area contributed by atoms with Crippen LogP contribution in [0, 0.1) is 5.92 Å². The maximum atomic E-state index is 5.53. The lowest BCUT2D eigenvalue weighted by molar-refractivity contribution is 0.566. The van der Waals surface area contributed by atoms with E-state index in [0.29, 0.717) is 5.69 Å². The fourth-order valence-electron chi connectivity index (χ4n) is 1.24. The van der Waals surface area contributed by atoms with Crippen LogP contribution in [0.2, 0.25) is 0 Å². The molecule has 0 saturated heterocycles. The minimum absolute atomic E-state index is 0.706. The van der Waals surface area contributed by atoms with Crippen molar-refractivity contribution in [2.24, 2.45) is 5.92 Å². The average molecular weight is 193 g/mol. The standard InChI is InChI=1S/C11H19N3/c1-9(2)4-3-7-13-11-6-5-10(12)8-14-11/h5-6,8-9H,3-4,7,12H2,1-2H3,(H,13,14). The van der Waals surface area contributed by atoms with Crippen molar-refractivity contribution in [1.29, 1.82) is 0 Å². The number of hydrogen-bond donors (Lipinski definition) is 2. The van der Waals surface area contributed by atoms with Crippen LogP contribution in [0.1, 0.15) is 26.7 Å². The molecule has 0 fully saturated rings. The Hall–Kier alpha value is -1.25. The van der Waals surface area contributed by atoms with E-state index in [2.05, 4.69) is 24.1 Å². The van der Waals surface area contributed by atoms with Crippen LogP contribution in [0.5, 0.6) is 0 Å². The molecule has 0 radical (unpaired) electrons. The second kappa shape index (κ2) is 5.47. The fourth-order valence-corrected chi connectivity index (χ4v) is 1.24. The van der Waals surface area contributed by atoms with E-state index in [1.807, 2.05) is 12.1 Å². The Balaban J connectivity index is 2.21. The summed E-state index contributed by atoms with van der Waals surface area (Å²) < 4.78 is 0. The number of aromatic nitrogens is 1. The fraction of sp³-hybridized carbons (Fsp3) is 0.545. The van der Waals surface area contributed by atoms with Gasteiger partial charge in [0.1, 0.15) is 5.82 Å². The van der Waals surface area contributed by atoms with Crippen molar-refractivity contribution in [1.82, 2.24) is 4.98 Å². The number of nitrogen functional groups attached to an aromatic ring is 1. The van der Waals surface area contributed by atoms with Crippen LogP contribution in [-0.2, 0) is 0 Å². The van der Waals surface area contributed by atoms with Gasteiger partial charge in [-0.15, -0.1) is 0 Å². The summed E-state index contributed by atoms with van der Waals surface area (Å²) >= 11 is 0. The molecule has 1 rings (SSSR count). The van der Waals surface area contributed by atoms with Crippen LogP contribution in [0.4, 0.5) is 11.5 Å². The summed E-state index contributed by atoms with van der Waals surface area (Å²) in [5, 5.41) is 3.26. The van der Waals surface area contributed by atoms with Crippen LogP contribution >= 0.6 is 0 Å². The van der Waals surface area contributed by atoms with Crippen molar-refractivity contribution in [3.05, 3.63) is 18.3 Å².